The minimum absolute atomic E-state index is 0.417. The Labute approximate surface area is 165 Å². The summed E-state index contributed by atoms with van der Waals surface area (Å²) in [7, 11) is 0. The van der Waals surface area contributed by atoms with Crippen molar-refractivity contribution in [1.29, 1.82) is 0 Å². The Balaban J connectivity index is 1.63. The van der Waals surface area contributed by atoms with Crippen LogP contribution in [0.4, 0.5) is 5.69 Å². The zero-order valence-corrected chi connectivity index (χ0v) is 16.0. The second kappa shape index (κ2) is 7.82. The van der Waals surface area contributed by atoms with Crippen LogP contribution in [-0.2, 0) is 0 Å². The molecule has 4 rings (SSSR count). The molecule has 1 aliphatic heterocycles. The van der Waals surface area contributed by atoms with Crippen LogP contribution in [0.15, 0.2) is 60.9 Å². The average molecular weight is 372 g/mol. The number of anilines is 1. The van der Waals surface area contributed by atoms with E-state index < -0.39 is 5.91 Å². The SMILES string of the molecule is Cc1c(-c2ccc(C(N)=O)cc2)cncc1-c1ccc(N2CCNCC2)cc1. The van der Waals surface area contributed by atoms with Crippen molar-refractivity contribution in [2.24, 2.45) is 5.73 Å². The lowest BCUT2D eigenvalue weighted by molar-refractivity contribution is 0.100. The van der Waals surface area contributed by atoms with Crippen LogP contribution in [-0.4, -0.2) is 37.1 Å². The Bertz CT molecular complexity index is 974. The van der Waals surface area contributed by atoms with Gasteiger partial charge in [0.15, 0.2) is 0 Å². The molecule has 0 aliphatic carbocycles. The Morgan fingerprint density at radius 3 is 2.00 bits per heavy atom. The van der Waals surface area contributed by atoms with Gasteiger partial charge < -0.3 is 16.0 Å². The molecule has 0 unspecified atom stereocenters. The molecule has 0 atom stereocenters. The molecule has 0 bridgehead atoms. The molecule has 1 aromatic heterocycles. The number of rotatable bonds is 4. The summed E-state index contributed by atoms with van der Waals surface area (Å²) in [5.74, 6) is -0.417. The van der Waals surface area contributed by atoms with E-state index in [0.29, 0.717) is 5.56 Å². The zero-order valence-electron chi connectivity index (χ0n) is 16.0. The number of amides is 1. The normalized spacial score (nSPS) is 14.1. The third kappa shape index (κ3) is 3.62. The van der Waals surface area contributed by atoms with Crippen LogP contribution in [0.5, 0.6) is 0 Å². The molecule has 142 valence electrons. The fourth-order valence-corrected chi connectivity index (χ4v) is 3.70. The highest BCUT2D eigenvalue weighted by atomic mass is 16.1. The predicted molar refractivity (Wildman–Crippen MR) is 113 cm³/mol. The average Bonchev–Trinajstić information content (AvgIpc) is 2.75. The van der Waals surface area contributed by atoms with Crippen LogP contribution < -0.4 is 16.0 Å². The summed E-state index contributed by atoms with van der Waals surface area (Å²) in [5.41, 5.74) is 12.6. The van der Waals surface area contributed by atoms with E-state index in [2.05, 4.69) is 46.4 Å². The third-order valence-electron chi connectivity index (χ3n) is 5.36. The largest absolute Gasteiger partial charge is 0.369 e. The first kappa shape index (κ1) is 18.2. The topological polar surface area (TPSA) is 71.2 Å². The number of benzene rings is 2. The Morgan fingerprint density at radius 1 is 0.929 bits per heavy atom. The molecule has 3 N–H and O–H groups in total. The number of nitrogens with one attached hydrogen (secondary N) is 1. The number of carbonyl (C=O) groups is 1. The second-order valence-corrected chi connectivity index (χ2v) is 7.09. The van der Waals surface area contributed by atoms with E-state index in [9.17, 15) is 4.79 Å². The van der Waals surface area contributed by atoms with Gasteiger partial charge in [-0.05, 0) is 47.9 Å². The molecule has 1 aliphatic rings. The number of carbonyl (C=O) groups excluding carboxylic acids is 1. The van der Waals surface area contributed by atoms with E-state index >= 15 is 0 Å². The molecule has 2 aromatic carbocycles. The van der Waals surface area contributed by atoms with Crippen LogP contribution in [0.2, 0.25) is 0 Å². The number of pyridine rings is 1. The first-order chi connectivity index (χ1) is 13.6. The summed E-state index contributed by atoms with van der Waals surface area (Å²) in [6.07, 6.45) is 3.78. The highest BCUT2D eigenvalue weighted by Gasteiger charge is 2.12. The summed E-state index contributed by atoms with van der Waals surface area (Å²) in [6, 6.07) is 16.1. The van der Waals surface area contributed by atoms with E-state index in [1.165, 1.54) is 5.69 Å². The van der Waals surface area contributed by atoms with Crippen molar-refractivity contribution in [1.82, 2.24) is 10.3 Å². The van der Waals surface area contributed by atoms with Crippen molar-refractivity contribution in [3.8, 4) is 22.3 Å². The van der Waals surface area contributed by atoms with Crippen LogP contribution in [0.1, 0.15) is 15.9 Å². The van der Waals surface area contributed by atoms with Crippen molar-refractivity contribution < 1.29 is 4.79 Å². The molecule has 0 spiro atoms. The van der Waals surface area contributed by atoms with Gasteiger partial charge in [-0.3, -0.25) is 9.78 Å². The van der Waals surface area contributed by atoms with Gasteiger partial charge in [0.05, 0.1) is 0 Å². The molecule has 1 amide bonds. The molecule has 3 aromatic rings. The van der Waals surface area contributed by atoms with Gasteiger partial charge in [-0.25, -0.2) is 0 Å². The lowest BCUT2D eigenvalue weighted by Gasteiger charge is -2.29. The van der Waals surface area contributed by atoms with Crippen LogP contribution in [0, 0.1) is 6.92 Å². The fraction of sp³-hybridized carbons (Fsp3) is 0.217. The summed E-state index contributed by atoms with van der Waals surface area (Å²) in [6.45, 7) is 6.24. The lowest BCUT2D eigenvalue weighted by Crippen LogP contribution is -2.43. The maximum Gasteiger partial charge on any atom is 0.248 e. The van der Waals surface area contributed by atoms with Crippen molar-refractivity contribution in [2.45, 2.75) is 6.92 Å². The number of nitrogens with zero attached hydrogens (tertiary/aromatic N) is 2. The summed E-state index contributed by atoms with van der Waals surface area (Å²) in [5, 5.41) is 3.38. The quantitative estimate of drug-likeness (QED) is 0.738. The number of hydrogen-bond donors (Lipinski definition) is 2. The van der Waals surface area contributed by atoms with Crippen LogP contribution in [0.3, 0.4) is 0 Å². The highest BCUT2D eigenvalue weighted by Crippen LogP contribution is 2.32. The molecule has 0 radical (unpaired) electrons. The number of nitrogens with two attached hydrogens (primary N) is 1. The summed E-state index contributed by atoms with van der Waals surface area (Å²) < 4.78 is 0. The van der Waals surface area contributed by atoms with E-state index in [0.717, 1.165) is 54.0 Å². The van der Waals surface area contributed by atoms with Crippen molar-refractivity contribution >= 4 is 11.6 Å². The molecular weight excluding hydrogens is 348 g/mol. The molecular formula is C23H24N4O. The van der Waals surface area contributed by atoms with Gasteiger partial charge in [0.2, 0.25) is 5.91 Å². The van der Waals surface area contributed by atoms with Crippen LogP contribution in [0.25, 0.3) is 22.3 Å². The first-order valence-electron chi connectivity index (χ1n) is 9.54. The molecule has 1 saturated heterocycles. The van der Waals surface area contributed by atoms with E-state index in [4.69, 9.17) is 5.73 Å². The van der Waals surface area contributed by atoms with Crippen molar-refractivity contribution in [3.05, 3.63) is 72.1 Å². The predicted octanol–water partition coefficient (Wildman–Crippen LogP) is 3.23. The number of aromatic nitrogens is 1. The molecule has 0 saturated carbocycles. The first-order valence-corrected chi connectivity index (χ1v) is 9.54. The summed E-state index contributed by atoms with van der Waals surface area (Å²) >= 11 is 0. The smallest absolute Gasteiger partial charge is 0.248 e. The monoisotopic (exact) mass is 372 g/mol. The second-order valence-electron chi connectivity index (χ2n) is 7.09. The molecule has 2 heterocycles. The Kier molecular flexibility index (Phi) is 5.08. The molecule has 28 heavy (non-hydrogen) atoms. The van der Waals surface area contributed by atoms with Gasteiger partial charge in [-0.2, -0.15) is 0 Å². The maximum absolute atomic E-state index is 11.3. The number of piperazine rings is 1. The molecule has 1 fully saturated rings. The van der Waals surface area contributed by atoms with Crippen molar-refractivity contribution in [2.75, 3.05) is 31.1 Å². The van der Waals surface area contributed by atoms with Gasteiger partial charge in [0.25, 0.3) is 0 Å². The third-order valence-corrected chi connectivity index (χ3v) is 5.36. The zero-order chi connectivity index (χ0) is 19.5. The number of hydrogen-bond acceptors (Lipinski definition) is 4. The van der Waals surface area contributed by atoms with Gasteiger partial charge in [0.1, 0.15) is 0 Å². The number of primary amides is 1. The lowest BCUT2D eigenvalue weighted by atomic mass is 9.95. The highest BCUT2D eigenvalue weighted by molar-refractivity contribution is 5.93. The Morgan fingerprint density at radius 2 is 1.46 bits per heavy atom. The van der Waals surface area contributed by atoms with E-state index in [-0.39, 0.29) is 0 Å². The minimum Gasteiger partial charge on any atom is -0.369 e. The van der Waals surface area contributed by atoms with Gasteiger partial charge in [0, 0.05) is 61.0 Å². The Hall–Kier alpha value is -3.18. The van der Waals surface area contributed by atoms with E-state index in [1.54, 1.807) is 12.1 Å². The minimum atomic E-state index is -0.417. The standard InChI is InChI=1S/C23H24N4O/c1-16-21(17-2-4-19(5-3-17)23(24)28)14-26-15-22(16)18-6-8-20(9-7-18)27-12-10-25-11-13-27/h2-9,14-15,25H,10-13H2,1H3,(H2,24,28). The molecule has 5 nitrogen and oxygen atoms in total. The van der Waals surface area contributed by atoms with Gasteiger partial charge in [-0.1, -0.05) is 24.3 Å². The van der Waals surface area contributed by atoms with E-state index in [1.807, 2.05) is 24.5 Å². The maximum atomic E-state index is 11.3. The summed E-state index contributed by atoms with van der Waals surface area (Å²) in [4.78, 5) is 18.2. The van der Waals surface area contributed by atoms with Gasteiger partial charge >= 0.3 is 0 Å². The van der Waals surface area contributed by atoms with Crippen LogP contribution >= 0.6 is 0 Å². The van der Waals surface area contributed by atoms with Crippen molar-refractivity contribution in [3.63, 3.8) is 0 Å². The molecule has 5 heteroatoms. The van der Waals surface area contributed by atoms with Gasteiger partial charge in [-0.15, -0.1) is 0 Å². The fourth-order valence-electron chi connectivity index (χ4n) is 3.70.